The molecule has 18 heavy (non-hydrogen) atoms. The van der Waals surface area contributed by atoms with E-state index in [1.807, 2.05) is 0 Å². The first-order valence-electron chi connectivity index (χ1n) is 5.40. The Morgan fingerprint density at radius 2 is 2.39 bits per heavy atom. The molecule has 1 heterocycles. The summed E-state index contributed by atoms with van der Waals surface area (Å²) in [7, 11) is -0.897. The van der Waals surface area contributed by atoms with Gasteiger partial charge in [0.05, 0.1) is 17.0 Å². The normalized spacial score (nSPS) is 11.4. The summed E-state index contributed by atoms with van der Waals surface area (Å²) in [6.45, 7) is 0.448. The molecule has 0 aliphatic carbocycles. The summed E-state index contributed by atoms with van der Waals surface area (Å²) in [5, 5.41) is 13.0. The number of hydrogen-bond donors (Lipinski definition) is 2. The fraction of sp³-hybridized carbons (Fsp3) is 0.417. The van der Waals surface area contributed by atoms with Crippen LogP contribution in [0.25, 0.3) is 0 Å². The van der Waals surface area contributed by atoms with Gasteiger partial charge in [-0.15, -0.1) is 11.3 Å². The zero-order chi connectivity index (χ0) is 13.4. The van der Waals surface area contributed by atoms with Crippen molar-refractivity contribution < 1.29 is 14.1 Å². The molecule has 1 unspecified atom stereocenters. The predicted molar refractivity (Wildman–Crippen MR) is 74.2 cm³/mol. The number of hydrogen-bond acceptors (Lipinski definition) is 4. The van der Waals surface area contributed by atoms with Crippen molar-refractivity contribution in [3.05, 3.63) is 21.9 Å². The second kappa shape index (κ2) is 8.03. The minimum absolute atomic E-state index is 0.0415. The van der Waals surface area contributed by atoms with Crippen LogP contribution >= 0.6 is 11.3 Å². The SMILES string of the molecule is CS(=O)CCNC(=O)c1csc(C#CCCO)c1. The molecule has 0 fully saturated rings. The highest BCUT2D eigenvalue weighted by atomic mass is 32.2. The zero-order valence-electron chi connectivity index (χ0n) is 10.1. The molecular weight excluding hydrogens is 270 g/mol. The molecule has 1 amide bonds. The fourth-order valence-electron chi connectivity index (χ4n) is 1.14. The second-order valence-corrected chi connectivity index (χ2v) is 5.97. The molecule has 98 valence electrons. The van der Waals surface area contributed by atoms with E-state index in [0.717, 1.165) is 4.88 Å². The van der Waals surface area contributed by atoms with Gasteiger partial charge >= 0.3 is 0 Å². The first kappa shape index (κ1) is 14.9. The van der Waals surface area contributed by atoms with Gasteiger partial charge in [-0.1, -0.05) is 11.8 Å². The summed E-state index contributed by atoms with van der Waals surface area (Å²) < 4.78 is 10.8. The van der Waals surface area contributed by atoms with E-state index in [9.17, 15) is 9.00 Å². The van der Waals surface area contributed by atoms with Gasteiger partial charge in [0.1, 0.15) is 0 Å². The van der Waals surface area contributed by atoms with E-state index in [1.165, 1.54) is 11.3 Å². The number of carbonyl (C=O) groups excluding carboxylic acids is 1. The zero-order valence-corrected chi connectivity index (χ0v) is 11.7. The molecule has 4 nitrogen and oxygen atoms in total. The van der Waals surface area contributed by atoms with Gasteiger partial charge in [-0.2, -0.15) is 0 Å². The maximum absolute atomic E-state index is 11.7. The number of rotatable bonds is 5. The Balaban J connectivity index is 2.50. The van der Waals surface area contributed by atoms with Crippen LogP contribution in [0.15, 0.2) is 11.4 Å². The average Bonchev–Trinajstić information content (AvgIpc) is 2.77. The molecule has 1 aromatic rings. The lowest BCUT2D eigenvalue weighted by molar-refractivity contribution is 0.0956. The van der Waals surface area contributed by atoms with Crippen molar-refractivity contribution in [1.29, 1.82) is 0 Å². The van der Waals surface area contributed by atoms with Crippen molar-refractivity contribution in [2.75, 3.05) is 25.2 Å². The Labute approximate surface area is 113 Å². The van der Waals surface area contributed by atoms with Gasteiger partial charge < -0.3 is 10.4 Å². The number of amides is 1. The molecular formula is C12H15NO3S2. The molecule has 1 aromatic heterocycles. The molecule has 0 spiro atoms. The highest BCUT2D eigenvalue weighted by Gasteiger charge is 2.07. The van der Waals surface area contributed by atoms with E-state index < -0.39 is 10.8 Å². The van der Waals surface area contributed by atoms with Crippen LogP contribution in [0, 0.1) is 11.8 Å². The third-order valence-electron chi connectivity index (χ3n) is 1.99. The van der Waals surface area contributed by atoms with Crippen LogP contribution < -0.4 is 5.32 Å². The van der Waals surface area contributed by atoms with E-state index in [-0.39, 0.29) is 12.5 Å². The number of aliphatic hydroxyl groups excluding tert-OH is 1. The quantitative estimate of drug-likeness (QED) is 0.778. The Morgan fingerprint density at radius 3 is 3.06 bits per heavy atom. The first-order chi connectivity index (χ1) is 8.63. The molecule has 2 N–H and O–H groups in total. The Kier molecular flexibility index (Phi) is 6.65. The summed E-state index contributed by atoms with van der Waals surface area (Å²) in [5.74, 6) is 5.96. The number of carbonyl (C=O) groups is 1. The molecule has 1 rings (SSSR count). The number of nitrogens with one attached hydrogen (secondary N) is 1. The monoisotopic (exact) mass is 285 g/mol. The summed E-state index contributed by atoms with van der Waals surface area (Å²) in [5.41, 5.74) is 0.565. The average molecular weight is 285 g/mol. The predicted octanol–water partition coefficient (Wildman–Crippen LogP) is 0.590. The van der Waals surface area contributed by atoms with Gasteiger partial charge in [-0.05, 0) is 6.07 Å². The minimum Gasteiger partial charge on any atom is -0.395 e. The number of thiophene rings is 1. The first-order valence-corrected chi connectivity index (χ1v) is 8.00. The van der Waals surface area contributed by atoms with Crippen LogP contribution in [-0.2, 0) is 10.8 Å². The van der Waals surface area contributed by atoms with Gasteiger partial charge in [-0.3, -0.25) is 9.00 Å². The molecule has 0 aromatic carbocycles. The van der Waals surface area contributed by atoms with Crippen LogP contribution in [0.3, 0.4) is 0 Å². The third kappa shape index (κ3) is 5.45. The molecule has 0 aliphatic heterocycles. The summed E-state index contributed by atoms with van der Waals surface area (Å²) >= 11 is 1.39. The summed E-state index contributed by atoms with van der Waals surface area (Å²) in [4.78, 5) is 12.5. The van der Waals surface area contributed by atoms with Crippen molar-refractivity contribution in [2.24, 2.45) is 0 Å². The van der Waals surface area contributed by atoms with Crippen LogP contribution in [0.2, 0.25) is 0 Å². The topological polar surface area (TPSA) is 66.4 Å². The van der Waals surface area contributed by atoms with E-state index >= 15 is 0 Å². The molecule has 6 heteroatoms. The van der Waals surface area contributed by atoms with Gasteiger partial charge in [0.2, 0.25) is 0 Å². The maximum Gasteiger partial charge on any atom is 0.252 e. The lowest BCUT2D eigenvalue weighted by Crippen LogP contribution is -2.27. The standard InChI is InChI=1S/C12H15NO3S2/c1-18(16)7-5-13-12(15)10-8-11(17-9-10)4-2-3-6-14/h8-9,14H,3,5-7H2,1H3,(H,13,15). The largest absolute Gasteiger partial charge is 0.395 e. The smallest absolute Gasteiger partial charge is 0.252 e. The summed E-state index contributed by atoms with van der Waals surface area (Å²) in [6, 6.07) is 1.72. The van der Waals surface area contributed by atoms with Gasteiger partial charge in [0, 0.05) is 41.2 Å². The van der Waals surface area contributed by atoms with E-state index in [2.05, 4.69) is 17.2 Å². The molecule has 0 saturated carbocycles. The minimum atomic E-state index is -0.897. The van der Waals surface area contributed by atoms with Crippen molar-refractivity contribution in [1.82, 2.24) is 5.32 Å². The Hall–Kier alpha value is -1.16. The van der Waals surface area contributed by atoms with Gasteiger partial charge in [0.25, 0.3) is 5.91 Å². The van der Waals surface area contributed by atoms with Crippen LogP contribution in [0.5, 0.6) is 0 Å². The van der Waals surface area contributed by atoms with Gasteiger partial charge in [-0.25, -0.2) is 0 Å². The maximum atomic E-state index is 11.7. The van der Waals surface area contributed by atoms with E-state index in [1.54, 1.807) is 17.7 Å². The van der Waals surface area contributed by atoms with Crippen LogP contribution in [0.4, 0.5) is 0 Å². The fourth-order valence-corrected chi connectivity index (χ4v) is 2.28. The van der Waals surface area contributed by atoms with Gasteiger partial charge in [0.15, 0.2) is 0 Å². The third-order valence-corrected chi connectivity index (χ3v) is 3.61. The lowest BCUT2D eigenvalue weighted by atomic mass is 10.3. The molecule has 0 aliphatic rings. The van der Waals surface area contributed by atoms with E-state index in [4.69, 9.17) is 5.11 Å². The van der Waals surface area contributed by atoms with Crippen molar-refractivity contribution in [2.45, 2.75) is 6.42 Å². The molecule has 0 saturated heterocycles. The summed E-state index contributed by atoms with van der Waals surface area (Å²) in [6.07, 6.45) is 2.04. The van der Waals surface area contributed by atoms with Crippen LogP contribution in [0.1, 0.15) is 21.7 Å². The van der Waals surface area contributed by atoms with Crippen molar-refractivity contribution >= 4 is 28.0 Å². The van der Waals surface area contributed by atoms with Crippen molar-refractivity contribution in [3.63, 3.8) is 0 Å². The van der Waals surface area contributed by atoms with Crippen LogP contribution in [-0.4, -0.2) is 40.4 Å². The number of aliphatic hydroxyl groups is 1. The highest BCUT2D eigenvalue weighted by molar-refractivity contribution is 7.84. The Bertz CT molecular complexity index is 485. The molecule has 1 atom stereocenters. The Morgan fingerprint density at radius 1 is 1.61 bits per heavy atom. The molecule has 0 radical (unpaired) electrons. The lowest BCUT2D eigenvalue weighted by Gasteiger charge is -2.00. The van der Waals surface area contributed by atoms with E-state index in [0.29, 0.717) is 24.3 Å². The van der Waals surface area contributed by atoms with Crippen molar-refractivity contribution in [3.8, 4) is 11.8 Å². The second-order valence-electron chi connectivity index (χ2n) is 3.51. The highest BCUT2D eigenvalue weighted by Crippen LogP contribution is 2.13. The molecule has 0 bridgehead atoms.